The lowest BCUT2D eigenvalue weighted by molar-refractivity contribution is -0.205. The molecule has 2 saturated heterocycles. The van der Waals surface area contributed by atoms with Crippen LogP contribution in [0.25, 0.3) is 0 Å². The molecular weight excluding hydrogens is 252 g/mol. The molecule has 3 rings (SSSR count). The highest BCUT2D eigenvalue weighted by Gasteiger charge is 2.45. The van der Waals surface area contributed by atoms with Gasteiger partial charge in [0.05, 0.1) is 18.9 Å². The Hall–Kier alpha value is -0.970. The van der Waals surface area contributed by atoms with Crippen molar-refractivity contribution >= 4 is 0 Å². The summed E-state index contributed by atoms with van der Waals surface area (Å²) in [5.41, 5.74) is 3.50. The predicted molar refractivity (Wildman–Crippen MR) is 77.9 cm³/mol. The van der Waals surface area contributed by atoms with Gasteiger partial charge in [-0.2, -0.15) is 0 Å². The Balaban J connectivity index is 2.05. The van der Waals surface area contributed by atoms with E-state index in [1.54, 1.807) is 7.11 Å². The van der Waals surface area contributed by atoms with E-state index in [0.717, 1.165) is 18.8 Å². The van der Waals surface area contributed by atoms with Crippen molar-refractivity contribution in [1.29, 1.82) is 0 Å². The number of ether oxygens (including phenoxy) is 2. The van der Waals surface area contributed by atoms with E-state index < -0.39 is 0 Å². The van der Waals surface area contributed by atoms with Crippen LogP contribution in [0.5, 0.6) is 0 Å². The lowest BCUT2D eigenvalue weighted by Crippen LogP contribution is -2.50. The van der Waals surface area contributed by atoms with Crippen LogP contribution in [0.1, 0.15) is 36.1 Å². The molecule has 1 N–H and O–H groups in total. The number of rotatable bonds is 3. The Morgan fingerprint density at radius 3 is 2.85 bits per heavy atom. The minimum absolute atomic E-state index is 0.327. The van der Waals surface area contributed by atoms with Crippen molar-refractivity contribution in [2.24, 2.45) is 5.92 Å². The van der Waals surface area contributed by atoms with Crippen molar-refractivity contribution in [3.63, 3.8) is 0 Å². The van der Waals surface area contributed by atoms with Gasteiger partial charge < -0.3 is 14.8 Å². The van der Waals surface area contributed by atoms with Crippen LogP contribution in [0.2, 0.25) is 0 Å². The summed E-state index contributed by atoms with van der Waals surface area (Å²) in [5.74, 6) is 1.19. The molecule has 0 amide bonds. The molecule has 1 aromatic rings. The first-order chi connectivity index (χ1) is 9.68. The van der Waals surface area contributed by atoms with E-state index >= 15 is 0 Å². The molecule has 4 heteroatoms. The highest BCUT2D eigenvalue weighted by molar-refractivity contribution is 5.38. The fraction of sp³-hybridized carbons (Fsp3) is 0.688. The van der Waals surface area contributed by atoms with E-state index in [4.69, 9.17) is 9.47 Å². The third-order valence-electron chi connectivity index (χ3n) is 4.86. The van der Waals surface area contributed by atoms with Crippen molar-refractivity contribution < 1.29 is 9.47 Å². The van der Waals surface area contributed by atoms with E-state index in [1.165, 1.54) is 17.5 Å². The second-order valence-corrected chi connectivity index (χ2v) is 6.16. The van der Waals surface area contributed by atoms with Gasteiger partial charge >= 0.3 is 0 Å². The van der Waals surface area contributed by atoms with Gasteiger partial charge in [0, 0.05) is 13.3 Å². The molecule has 0 unspecified atom stereocenters. The zero-order chi connectivity index (χ0) is 14.2. The minimum Gasteiger partial charge on any atom is -0.374 e. The molecule has 0 aromatic carbocycles. The molecule has 0 bridgehead atoms. The summed E-state index contributed by atoms with van der Waals surface area (Å²) in [4.78, 5) is 4.69. The molecule has 0 spiro atoms. The van der Waals surface area contributed by atoms with Gasteiger partial charge in [0.25, 0.3) is 0 Å². The van der Waals surface area contributed by atoms with E-state index in [1.807, 2.05) is 6.20 Å². The first kappa shape index (κ1) is 14.0. The number of piperidine rings is 1. The zero-order valence-electron chi connectivity index (χ0n) is 12.6. The molecular formula is C16H24N2O2. The van der Waals surface area contributed by atoms with Gasteiger partial charge in [0.15, 0.2) is 5.60 Å². The molecule has 110 valence electrons. The number of hydrogen-bond donors (Lipinski definition) is 1. The van der Waals surface area contributed by atoms with Gasteiger partial charge in [-0.05, 0) is 55.5 Å². The maximum absolute atomic E-state index is 5.78. The monoisotopic (exact) mass is 276 g/mol. The van der Waals surface area contributed by atoms with Gasteiger partial charge in [-0.3, -0.25) is 4.98 Å². The third kappa shape index (κ3) is 2.16. The van der Waals surface area contributed by atoms with E-state index in [2.05, 4.69) is 30.2 Å². The van der Waals surface area contributed by atoms with Gasteiger partial charge in [-0.1, -0.05) is 6.92 Å². The number of hydrogen-bond acceptors (Lipinski definition) is 4. The van der Waals surface area contributed by atoms with Crippen LogP contribution in [0.3, 0.4) is 0 Å². The molecule has 20 heavy (non-hydrogen) atoms. The summed E-state index contributed by atoms with van der Waals surface area (Å²) in [6.07, 6.45) is 3.07. The molecule has 1 aromatic heterocycles. The average molecular weight is 276 g/mol. The molecule has 2 aliphatic heterocycles. The van der Waals surface area contributed by atoms with Crippen molar-refractivity contribution in [1.82, 2.24) is 10.3 Å². The van der Waals surface area contributed by atoms with E-state index in [0.29, 0.717) is 25.0 Å². The third-order valence-corrected chi connectivity index (χ3v) is 4.86. The Labute approximate surface area is 120 Å². The summed E-state index contributed by atoms with van der Waals surface area (Å²) in [6, 6.07) is 2.12. The van der Waals surface area contributed by atoms with E-state index in [9.17, 15) is 0 Å². The summed E-state index contributed by atoms with van der Waals surface area (Å²) >= 11 is 0. The van der Waals surface area contributed by atoms with Crippen LogP contribution in [-0.4, -0.2) is 38.4 Å². The minimum atomic E-state index is -0.327. The lowest BCUT2D eigenvalue weighted by Gasteiger charge is -2.42. The zero-order valence-corrected chi connectivity index (χ0v) is 12.6. The van der Waals surface area contributed by atoms with Crippen LogP contribution in [-0.2, 0) is 15.1 Å². The Morgan fingerprint density at radius 2 is 2.25 bits per heavy atom. The molecule has 2 atom stereocenters. The summed E-state index contributed by atoms with van der Waals surface area (Å²) < 4.78 is 11.2. The Morgan fingerprint density at radius 1 is 1.45 bits per heavy atom. The largest absolute Gasteiger partial charge is 0.374 e. The van der Waals surface area contributed by atoms with Crippen LogP contribution < -0.4 is 5.32 Å². The SMILES string of the molecule is COC1(c2nccc(C)c2[C@@H]2CCNC[C@H]2C)COC1. The summed E-state index contributed by atoms with van der Waals surface area (Å²) in [7, 11) is 1.77. The second kappa shape index (κ2) is 5.43. The van der Waals surface area contributed by atoms with Crippen molar-refractivity contribution in [3.8, 4) is 0 Å². The highest BCUT2D eigenvalue weighted by Crippen LogP contribution is 2.41. The van der Waals surface area contributed by atoms with Crippen molar-refractivity contribution in [2.45, 2.75) is 31.8 Å². The smallest absolute Gasteiger partial charge is 0.156 e. The number of aromatic nitrogens is 1. The van der Waals surface area contributed by atoms with Gasteiger partial charge in [0.1, 0.15) is 0 Å². The standard InChI is InChI=1S/C16H24N2O2/c1-11-4-7-18-15(16(19-3)9-20-10-16)14(11)13-5-6-17-8-12(13)2/h4,7,12-13,17H,5-6,8-10H2,1-3H3/t12-,13-/m1/s1. The molecule has 4 nitrogen and oxygen atoms in total. The Kier molecular flexibility index (Phi) is 3.80. The summed E-state index contributed by atoms with van der Waals surface area (Å²) in [6.45, 7) is 7.91. The fourth-order valence-electron chi connectivity index (χ4n) is 3.48. The van der Waals surface area contributed by atoms with Crippen LogP contribution in [0.4, 0.5) is 0 Å². The highest BCUT2D eigenvalue weighted by atomic mass is 16.6. The maximum atomic E-state index is 5.78. The topological polar surface area (TPSA) is 43.4 Å². The second-order valence-electron chi connectivity index (χ2n) is 6.16. The first-order valence-corrected chi connectivity index (χ1v) is 7.47. The molecule has 2 aliphatic rings. The van der Waals surface area contributed by atoms with Crippen LogP contribution >= 0.6 is 0 Å². The van der Waals surface area contributed by atoms with Gasteiger partial charge in [0.2, 0.25) is 0 Å². The predicted octanol–water partition coefficient (Wildman–Crippen LogP) is 1.97. The molecule has 0 radical (unpaired) electrons. The Bertz CT molecular complexity index is 480. The molecule has 2 fully saturated rings. The lowest BCUT2D eigenvalue weighted by atomic mass is 9.76. The van der Waals surface area contributed by atoms with Gasteiger partial charge in [-0.25, -0.2) is 0 Å². The van der Waals surface area contributed by atoms with Crippen molar-refractivity contribution in [2.75, 3.05) is 33.4 Å². The number of nitrogens with one attached hydrogen (secondary N) is 1. The quantitative estimate of drug-likeness (QED) is 0.916. The van der Waals surface area contributed by atoms with Crippen molar-refractivity contribution in [3.05, 3.63) is 29.1 Å². The number of nitrogens with zero attached hydrogens (tertiary/aromatic N) is 1. The fourth-order valence-corrected chi connectivity index (χ4v) is 3.48. The summed E-state index contributed by atoms with van der Waals surface area (Å²) in [5, 5.41) is 3.48. The molecule has 0 aliphatic carbocycles. The first-order valence-electron chi connectivity index (χ1n) is 7.47. The molecule has 0 saturated carbocycles. The normalized spacial score (nSPS) is 28.9. The average Bonchev–Trinajstić information content (AvgIpc) is 2.40. The van der Waals surface area contributed by atoms with E-state index in [-0.39, 0.29) is 5.60 Å². The molecule has 3 heterocycles. The number of aryl methyl sites for hydroxylation is 1. The number of pyridine rings is 1. The van der Waals surface area contributed by atoms with Gasteiger partial charge in [-0.15, -0.1) is 0 Å². The van der Waals surface area contributed by atoms with Crippen LogP contribution in [0, 0.1) is 12.8 Å². The van der Waals surface area contributed by atoms with Crippen LogP contribution in [0.15, 0.2) is 12.3 Å². The maximum Gasteiger partial charge on any atom is 0.156 e. The number of methoxy groups -OCH3 is 1.